The average molecular weight is 175 g/mol. The summed E-state index contributed by atoms with van der Waals surface area (Å²) < 4.78 is 10.2. The lowest BCUT2D eigenvalue weighted by molar-refractivity contribution is 0.297. The number of ether oxygens (including phenoxy) is 1. The molecule has 66 valence electrons. The van der Waals surface area contributed by atoms with Crippen molar-refractivity contribution >= 4 is 0 Å². The fraction of sp³-hybridized carbons (Fsp3) is 0.100. The van der Waals surface area contributed by atoms with Gasteiger partial charge in [0.1, 0.15) is 12.9 Å². The molecule has 0 aromatic carbocycles. The van der Waals surface area contributed by atoms with Crippen LogP contribution in [0.4, 0.5) is 0 Å². The van der Waals surface area contributed by atoms with Crippen LogP contribution in [0.5, 0.6) is 5.75 Å². The Morgan fingerprint density at radius 3 is 3.00 bits per heavy atom. The summed E-state index contributed by atoms with van der Waals surface area (Å²) in [5, 5.41) is 0. The Bertz CT molecular complexity index is 342. The van der Waals surface area contributed by atoms with Gasteiger partial charge in [0.25, 0.3) is 0 Å². The molecule has 0 aliphatic rings. The molecule has 2 aromatic rings. The van der Waals surface area contributed by atoms with E-state index < -0.39 is 0 Å². The minimum atomic E-state index is 0.473. The number of furan rings is 1. The minimum Gasteiger partial charge on any atom is -0.484 e. The number of rotatable bonds is 3. The molecule has 0 atom stereocenters. The molecule has 0 spiro atoms. The molecule has 2 heterocycles. The van der Waals surface area contributed by atoms with Crippen molar-refractivity contribution in [1.29, 1.82) is 0 Å². The second-order valence-electron chi connectivity index (χ2n) is 2.57. The second kappa shape index (κ2) is 3.76. The van der Waals surface area contributed by atoms with E-state index in [1.54, 1.807) is 24.8 Å². The summed E-state index contributed by atoms with van der Waals surface area (Å²) in [4.78, 5) is 4.12. The van der Waals surface area contributed by atoms with E-state index in [1.165, 1.54) is 0 Å². The van der Waals surface area contributed by atoms with Gasteiger partial charge in [-0.15, -0.1) is 0 Å². The van der Waals surface area contributed by atoms with E-state index in [1.807, 2.05) is 18.2 Å². The molecule has 3 heteroatoms. The Balaban J connectivity index is 1.94. The number of pyridine rings is 1. The summed E-state index contributed by atoms with van der Waals surface area (Å²) in [6, 6.07) is 7.49. The average Bonchev–Trinajstić information content (AvgIpc) is 2.69. The van der Waals surface area contributed by atoms with E-state index in [0.717, 1.165) is 11.4 Å². The third-order valence-electron chi connectivity index (χ3n) is 1.61. The largest absolute Gasteiger partial charge is 0.484 e. The van der Waals surface area contributed by atoms with Crippen LogP contribution in [0.2, 0.25) is 0 Å². The highest BCUT2D eigenvalue weighted by atomic mass is 16.5. The molecule has 0 saturated carbocycles. The van der Waals surface area contributed by atoms with Crippen LogP contribution < -0.4 is 4.74 Å². The lowest BCUT2D eigenvalue weighted by Gasteiger charge is -2.00. The fourth-order valence-corrected chi connectivity index (χ4v) is 0.975. The second-order valence-corrected chi connectivity index (χ2v) is 2.57. The van der Waals surface area contributed by atoms with E-state index in [0.29, 0.717) is 6.61 Å². The third kappa shape index (κ3) is 2.08. The van der Waals surface area contributed by atoms with E-state index in [-0.39, 0.29) is 0 Å². The van der Waals surface area contributed by atoms with E-state index in [2.05, 4.69) is 4.98 Å². The predicted octanol–water partition coefficient (Wildman–Crippen LogP) is 2.25. The maximum absolute atomic E-state index is 5.38. The quantitative estimate of drug-likeness (QED) is 0.717. The first-order chi connectivity index (χ1) is 6.45. The molecule has 13 heavy (non-hydrogen) atoms. The van der Waals surface area contributed by atoms with Gasteiger partial charge in [-0.3, -0.25) is 4.98 Å². The molecule has 3 nitrogen and oxygen atoms in total. The lowest BCUT2D eigenvalue weighted by atomic mass is 10.4. The fourth-order valence-electron chi connectivity index (χ4n) is 0.975. The van der Waals surface area contributed by atoms with Gasteiger partial charge in [-0.2, -0.15) is 0 Å². The van der Waals surface area contributed by atoms with E-state index in [4.69, 9.17) is 9.15 Å². The van der Waals surface area contributed by atoms with Gasteiger partial charge in [0, 0.05) is 12.3 Å². The van der Waals surface area contributed by atoms with Gasteiger partial charge < -0.3 is 9.15 Å². The van der Waals surface area contributed by atoms with Crippen LogP contribution in [-0.2, 0) is 6.61 Å². The van der Waals surface area contributed by atoms with Crippen molar-refractivity contribution in [2.24, 2.45) is 0 Å². The van der Waals surface area contributed by atoms with Crippen LogP contribution in [0.1, 0.15) is 5.69 Å². The molecule has 2 rings (SSSR count). The van der Waals surface area contributed by atoms with Crippen molar-refractivity contribution in [3.63, 3.8) is 0 Å². The van der Waals surface area contributed by atoms with Gasteiger partial charge in [-0.25, -0.2) is 0 Å². The van der Waals surface area contributed by atoms with Crippen molar-refractivity contribution in [2.45, 2.75) is 6.61 Å². The SMILES string of the molecule is c1ccc(COc2ccoc2)nc1. The van der Waals surface area contributed by atoms with Crippen LogP contribution in [0, 0.1) is 0 Å². The van der Waals surface area contributed by atoms with Crippen LogP contribution in [0.25, 0.3) is 0 Å². The summed E-state index contributed by atoms with van der Waals surface area (Å²) in [6.07, 6.45) is 4.88. The van der Waals surface area contributed by atoms with Gasteiger partial charge in [-0.05, 0) is 12.1 Å². The van der Waals surface area contributed by atoms with Crippen molar-refractivity contribution < 1.29 is 9.15 Å². The van der Waals surface area contributed by atoms with Gasteiger partial charge in [0.2, 0.25) is 0 Å². The molecule has 0 aliphatic carbocycles. The van der Waals surface area contributed by atoms with Gasteiger partial charge in [0.15, 0.2) is 5.75 Å². The standard InChI is InChI=1S/C10H9NO2/c1-2-5-11-9(3-1)7-13-10-4-6-12-8-10/h1-6,8H,7H2. The Morgan fingerprint density at radius 1 is 1.31 bits per heavy atom. The van der Waals surface area contributed by atoms with Gasteiger partial charge in [-0.1, -0.05) is 6.07 Å². The van der Waals surface area contributed by atoms with Crippen LogP contribution in [0.3, 0.4) is 0 Å². The number of hydrogen-bond acceptors (Lipinski definition) is 3. The molecule has 0 bridgehead atoms. The number of aromatic nitrogens is 1. The van der Waals surface area contributed by atoms with Crippen LogP contribution >= 0.6 is 0 Å². The highest BCUT2D eigenvalue weighted by Gasteiger charge is 1.96. The molecule has 0 unspecified atom stereocenters. The first-order valence-corrected chi connectivity index (χ1v) is 4.00. The maximum Gasteiger partial charge on any atom is 0.157 e. The topological polar surface area (TPSA) is 35.3 Å². The zero-order valence-corrected chi connectivity index (χ0v) is 7.01. The molecule has 0 amide bonds. The van der Waals surface area contributed by atoms with Crippen LogP contribution in [0.15, 0.2) is 47.4 Å². The van der Waals surface area contributed by atoms with Gasteiger partial charge >= 0.3 is 0 Å². The summed E-state index contributed by atoms with van der Waals surface area (Å²) in [5.74, 6) is 0.727. The normalized spacial score (nSPS) is 9.85. The summed E-state index contributed by atoms with van der Waals surface area (Å²) in [7, 11) is 0. The number of nitrogens with zero attached hydrogens (tertiary/aromatic N) is 1. The van der Waals surface area contributed by atoms with Crippen molar-refractivity contribution in [2.75, 3.05) is 0 Å². The summed E-state index contributed by atoms with van der Waals surface area (Å²) in [5.41, 5.74) is 0.906. The molecule has 0 saturated heterocycles. The van der Waals surface area contributed by atoms with Crippen LogP contribution in [-0.4, -0.2) is 4.98 Å². The van der Waals surface area contributed by atoms with Gasteiger partial charge in [0.05, 0.1) is 12.0 Å². The molecule has 0 fully saturated rings. The molecular formula is C10H9NO2. The molecule has 0 N–H and O–H groups in total. The Hall–Kier alpha value is -1.77. The molecule has 2 aromatic heterocycles. The molecule has 0 radical (unpaired) electrons. The Morgan fingerprint density at radius 2 is 2.31 bits per heavy atom. The predicted molar refractivity (Wildman–Crippen MR) is 47.3 cm³/mol. The van der Waals surface area contributed by atoms with Crippen molar-refractivity contribution in [1.82, 2.24) is 4.98 Å². The monoisotopic (exact) mass is 175 g/mol. The Labute approximate surface area is 76.0 Å². The minimum absolute atomic E-state index is 0.473. The maximum atomic E-state index is 5.38. The van der Waals surface area contributed by atoms with E-state index in [9.17, 15) is 0 Å². The molecular weight excluding hydrogens is 166 g/mol. The Kier molecular flexibility index (Phi) is 2.27. The first-order valence-electron chi connectivity index (χ1n) is 4.00. The molecule has 0 aliphatic heterocycles. The van der Waals surface area contributed by atoms with E-state index >= 15 is 0 Å². The summed E-state index contributed by atoms with van der Waals surface area (Å²) >= 11 is 0. The third-order valence-corrected chi connectivity index (χ3v) is 1.61. The zero-order valence-electron chi connectivity index (χ0n) is 7.01. The number of hydrogen-bond donors (Lipinski definition) is 0. The van der Waals surface area contributed by atoms with Crippen molar-refractivity contribution in [3.05, 3.63) is 48.7 Å². The van der Waals surface area contributed by atoms with Crippen molar-refractivity contribution in [3.8, 4) is 5.75 Å². The summed E-state index contributed by atoms with van der Waals surface area (Å²) in [6.45, 7) is 0.473. The highest BCUT2D eigenvalue weighted by molar-refractivity contribution is 5.13. The lowest BCUT2D eigenvalue weighted by Crippen LogP contribution is -1.96. The highest BCUT2D eigenvalue weighted by Crippen LogP contribution is 2.11. The smallest absolute Gasteiger partial charge is 0.157 e. The zero-order chi connectivity index (χ0) is 8.93. The first kappa shape index (κ1) is 7.86.